The van der Waals surface area contributed by atoms with Crippen molar-refractivity contribution in [2.45, 2.75) is 31.2 Å². The summed E-state index contributed by atoms with van der Waals surface area (Å²) < 4.78 is 77.7. The summed E-state index contributed by atoms with van der Waals surface area (Å²) in [4.78, 5) is 5.60. The fourth-order valence-corrected chi connectivity index (χ4v) is 2.84. The van der Waals surface area contributed by atoms with Gasteiger partial charge < -0.3 is 4.90 Å². The van der Waals surface area contributed by atoms with Crippen LogP contribution in [0.5, 0.6) is 0 Å². The smallest absolute Gasteiger partial charge is 0.354 e. The van der Waals surface area contributed by atoms with Crippen LogP contribution in [0.2, 0.25) is 0 Å². The molecule has 10 heteroatoms. The fourth-order valence-electron chi connectivity index (χ4n) is 2.84. The van der Waals surface area contributed by atoms with Crippen molar-refractivity contribution in [1.82, 2.24) is 14.8 Å². The first-order valence-electron chi connectivity index (χ1n) is 7.55. The van der Waals surface area contributed by atoms with Crippen LogP contribution in [-0.2, 0) is 12.4 Å². The number of hydrogen-bond donors (Lipinski definition) is 0. The van der Waals surface area contributed by atoms with E-state index in [2.05, 4.69) is 10.1 Å². The SMILES string of the molecule is FC(F)(F)c1ccnc(N2CCCC(n3ccc(C(F)(F)F)n3)C2)c1. The Labute approximate surface area is 139 Å². The molecule has 2 aromatic heterocycles. The fraction of sp³-hybridized carbons (Fsp3) is 0.467. The van der Waals surface area contributed by atoms with Gasteiger partial charge in [0.05, 0.1) is 11.6 Å². The molecule has 1 unspecified atom stereocenters. The number of hydrogen-bond acceptors (Lipinski definition) is 3. The Hall–Kier alpha value is -2.26. The second-order valence-electron chi connectivity index (χ2n) is 5.82. The Bertz CT molecular complexity index is 736. The van der Waals surface area contributed by atoms with Gasteiger partial charge in [0.15, 0.2) is 5.69 Å². The van der Waals surface area contributed by atoms with Crippen molar-refractivity contribution in [3.63, 3.8) is 0 Å². The van der Waals surface area contributed by atoms with Gasteiger partial charge >= 0.3 is 12.4 Å². The van der Waals surface area contributed by atoms with E-state index in [0.717, 1.165) is 24.4 Å². The molecule has 136 valence electrons. The highest BCUT2D eigenvalue weighted by Crippen LogP contribution is 2.33. The zero-order valence-electron chi connectivity index (χ0n) is 12.8. The Morgan fingerprint density at radius 1 is 1.04 bits per heavy atom. The van der Waals surface area contributed by atoms with Gasteiger partial charge in [-0.15, -0.1) is 0 Å². The normalized spacial score (nSPS) is 19.3. The quantitative estimate of drug-likeness (QED) is 0.751. The summed E-state index contributed by atoms with van der Waals surface area (Å²) in [5.74, 6) is 0.155. The molecule has 4 nitrogen and oxygen atoms in total. The molecular formula is C15H14F6N4. The maximum absolute atomic E-state index is 12.8. The average Bonchev–Trinajstić information content (AvgIpc) is 3.05. The molecule has 2 aromatic rings. The van der Waals surface area contributed by atoms with E-state index in [1.807, 2.05) is 0 Å². The molecule has 0 spiro atoms. The number of alkyl halides is 6. The summed E-state index contributed by atoms with van der Waals surface area (Å²) in [5.41, 5.74) is -1.79. The molecule has 1 saturated heterocycles. The van der Waals surface area contributed by atoms with Crippen LogP contribution in [0.25, 0.3) is 0 Å². The minimum absolute atomic E-state index is 0.155. The second kappa shape index (κ2) is 6.23. The third kappa shape index (κ3) is 3.88. The van der Waals surface area contributed by atoms with Gasteiger partial charge in [-0.2, -0.15) is 31.4 Å². The minimum atomic E-state index is -4.53. The Morgan fingerprint density at radius 2 is 1.80 bits per heavy atom. The van der Waals surface area contributed by atoms with Crippen molar-refractivity contribution in [2.24, 2.45) is 0 Å². The predicted octanol–water partition coefficient (Wildman–Crippen LogP) is 4.16. The van der Waals surface area contributed by atoms with E-state index < -0.39 is 23.6 Å². The van der Waals surface area contributed by atoms with Gasteiger partial charge in [0.25, 0.3) is 0 Å². The molecule has 1 atom stereocenters. The first kappa shape index (κ1) is 17.6. The molecule has 0 saturated carbocycles. The summed E-state index contributed by atoms with van der Waals surface area (Å²) >= 11 is 0. The lowest BCUT2D eigenvalue weighted by Crippen LogP contribution is -2.37. The van der Waals surface area contributed by atoms with Crippen LogP contribution in [0, 0.1) is 0 Å². The summed E-state index contributed by atoms with van der Waals surface area (Å²) in [7, 11) is 0. The van der Waals surface area contributed by atoms with Crippen molar-refractivity contribution < 1.29 is 26.3 Å². The summed E-state index contributed by atoms with van der Waals surface area (Å²) in [6.07, 6.45) is -5.47. The third-order valence-corrected chi connectivity index (χ3v) is 4.07. The van der Waals surface area contributed by atoms with Gasteiger partial charge in [0.1, 0.15) is 5.82 Å². The predicted molar refractivity (Wildman–Crippen MR) is 77.0 cm³/mol. The molecule has 0 radical (unpaired) electrons. The second-order valence-corrected chi connectivity index (χ2v) is 5.82. The minimum Gasteiger partial charge on any atom is -0.354 e. The lowest BCUT2D eigenvalue weighted by atomic mass is 10.1. The number of halogens is 6. The van der Waals surface area contributed by atoms with Crippen LogP contribution < -0.4 is 4.90 Å². The van der Waals surface area contributed by atoms with Gasteiger partial charge in [-0.3, -0.25) is 4.68 Å². The van der Waals surface area contributed by atoms with Crippen LogP contribution in [0.3, 0.4) is 0 Å². The highest BCUT2D eigenvalue weighted by Gasteiger charge is 2.35. The zero-order valence-corrected chi connectivity index (χ0v) is 12.8. The number of nitrogens with zero attached hydrogens (tertiary/aromatic N) is 4. The molecule has 0 aliphatic carbocycles. The Morgan fingerprint density at radius 3 is 2.44 bits per heavy atom. The molecule has 0 amide bonds. The van der Waals surface area contributed by atoms with Crippen molar-refractivity contribution in [3.05, 3.63) is 41.9 Å². The topological polar surface area (TPSA) is 34.0 Å². The van der Waals surface area contributed by atoms with Crippen molar-refractivity contribution in [3.8, 4) is 0 Å². The van der Waals surface area contributed by atoms with Crippen molar-refractivity contribution in [2.75, 3.05) is 18.0 Å². The van der Waals surface area contributed by atoms with E-state index in [1.165, 1.54) is 10.9 Å². The number of pyridine rings is 1. The van der Waals surface area contributed by atoms with Crippen LogP contribution in [0.4, 0.5) is 32.2 Å². The maximum atomic E-state index is 12.8. The van der Waals surface area contributed by atoms with Gasteiger partial charge in [0, 0.05) is 25.5 Å². The summed E-state index contributed by atoms with van der Waals surface area (Å²) in [6, 6.07) is 2.36. The van der Waals surface area contributed by atoms with E-state index in [4.69, 9.17) is 0 Å². The molecule has 1 aliphatic heterocycles. The average molecular weight is 364 g/mol. The molecule has 0 bridgehead atoms. The van der Waals surface area contributed by atoms with E-state index in [9.17, 15) is 26.3 Å². The molecule has 0 N–H and O–H groups in total. The number of piperidine rings is 1. The summed E-state index contributed by atoms with van der Waals surface area (Å²) in [5, 5.41) is 3.55. The van der Waals surface area contributed by atoms with Gasteiger partial charge in [-0.1, -0.05) is 0 Å². The number of aromatic nitrogens is 3. The van der Waals surface area contributed by atoms with E-state index in [-0.39, 0.29) is 18.4 Å². The van der Waals surface area contributed by atoms with Crippen LogP contribution in [-0.4, -0.2) is 27.9 Å². The Kier molecular flexibility index (Phi) is 4.38. The molecular weight excluding hydrogens is 350 g/mol. The largest absolute Gasteiger partial charge is 0.435 e. The first-order valence-corrected chi connectivity index (χ1v) is 7.55. The molecule has 3 rings (SSSR count). The standard InChI is InChI=1S/C15H14F6N4/c16-14(17,18)10-3-5-22-13(8-10)24-6-1-2-11(9-24)25-7-4-12(23-25)15(19,20)21/h3-5,7-8,11H,1-2,6,9H2. The third-order valence-electron chi connectivity index (χ3n) is 4.07. The van der Waals surface area contributed by atoms with Crippen LogP contribution >= 0.6 is 0 Å². The molecule has 0 aromatic carbocycles. The molecule has 25 heavy (non-hydrogen) atoms. The molecule has 3 heterocycles. The van der Waals surface area contributed by atoms with Crippen LogP contribution in [0.15, 0.2) is 30.6 Å². The maximum Gasteiger partial charge on any atom is 0.435 e. The Balaban J connectivity index is 1.79. The number of rotatable bonds is 2. The lowest BCUT2D eigenvalue weighted by molar-refractivity contribution is -0.141. The lowest BCUT2D eigenvalue weighted by Gasteiger charge is -2.33. The van der Waals surface area contributed by atoms with Crippen LogP contribution in [0.1, 0.15) is 30.1 Å². The van der Waals surface area contributed by atoms with Gasteiger partial charge in [-0.25, -0.2) is 4.98 Å². The van der Waals surface area contributed by atoms with Gasteiger partial charge in [0.2, 0.25) is 0 Å². The number of anilines is 1. The van der Waals surface area contributed by atoms with E-state index in [0.29, 0.717) is 19.4 Å². The zero-order chi connectivity index (χ0) is 18.2. The first-order chi connectivity index (χ1) is 11.6. The molecule has 1 aliphatic rings. The van der Waals surface area contributed by atoms with Crippen molar-refractivity contribution in [1.29, 1.82) is 0 Å². The highest BCUT2D eigenvalue weighted by atomic mass is 19.4. The van der Waals surface area contributed by atoms with Crippen molar-refractivity contribution >= 4 is 5.82 Å². The van der Waals surface area contributed by atoms with E-state index in [1.54, 1.807) is 4.90 Å². The monoisotopic (exact) mass is 364 g/mol. The highest BCUT2D eigenvalue weighted by molar-refractivity contribution is 5.42. The van der Waals surface area contributed by atoms with E-state index >= 15 is 0 Å². The molecule has 1 fully saturated rings. The summed E-state index contributed by atoms with van der Waals surface area (Å²) in [6.45, 7) is 0.728. The van der Waals surface area contributed by atoms with Gasteiger partial charge in [-0.05, 0) is 31.0 Å².